The number of likely N-dealkylation sites (N-methyl/N-ethyl adjacent to an activating group) is 1. The number of nitrogens with zero attached hydrogens (tertiary/aromatic N) is 2. The third-order valence-electron chi connectivity index (χ3n) is 3.48. The Balaban J connectivity index is 3.74. The topological polar surface area (TPSA) is 55.7 Å². The van der Waals surface area contributed by atoms with Crippen LogP contribution in [0.25, 0.3) is 0 Å². The van der Waals surface area contributed by atoms with Crippen LogP contribution in [-0.4, -0.2) is 42.3 Å². The van der Waals surface area contributed by atoms with E-state index in [1.54, 1.807) is 6.92 Å². The first-order chi connectivity index (χ1) is 9.41. The van der Waals surface area contributed by atoms with Crippen LogP contribution in [0.15, 0.2) is 5.10 Å². The predicted octanol–water partition coefficient (Wildman–Crippen LogP) is 2.65. The molecule has 0 aliphatic carbocycles. The van der Waals surface area contributed by atoms with Crippen molar-refractivity contribution < 1.29 is 14.8 Å². The lowest BCUT2D eigenvalue weighted by molar-refractivity contribution is -0.901. The van der Waals surface area contributed by atoms with Crippen LogP contribution in [0.2, 0.25) is 0 Å². The Morgan fingerprint density at radius 2 is 1.60 bits per heavy atom. The van der Waals surface area contributed by atoms with E-state index in [0.29, 0.717) is 13.0 Å². The van der Waals surface area contributed by atoms with Gasteiger partial charge in [0.2, 0.25) is 0 Å². The van der Waals surface area contributed by atoms with Crippen LogP contribution in [0.4, 0.5) is 0 Å². The maximum atomic E-state index is 11.3. The molecule has 0 rings (SSSR count). The fourth-order valence-corrected chi connectivity index (χ4v) is 2.36. The normalized spacial score (nSPS) is 14.6. The summed E-state index contributed by atoms with van der Waals surface area (Å²) in [7, 11) is 3.73. The molecule has 1 atom stereocenters. The molecule has 0 bridgehead atoms. The molecule has 0 fully saturated rings. The maximum Gasteiger partial charge on any atom is 0.129 e. The molecule has 20 heavy (non-hydrogen) atoms. The van der Waals surface area contributed by atoms with Crippen LogP contribution >= 0.6 is 0 Å². The van der Waals surface area contributed by atoms with E-state index in [2.05, 4.69) is 12.0 Å². The largest absolute Gasteiger partial charge is 0.858 e. The number of aliphatic hydroxyl groups is 1. The molecule has 0 radical (unpaired) electrons. The SMILES string of the molecule is CCCCCCCCCC(O)C[N+](C)(C)/N=C(\[O-])CC. The molecule has 0 aliphatic rings. The van der Waals surface area contributed by atoms with Gasteiger partial charge in [-0.15, -0.1) is 5.10 Å². The number of hydrogen-bond acceptors (Lipinski definition) is 3. The molecule has 0 saturated heterocycles. The third-order valence-corrected chi connectivity index (χ3v) is 3.48. The number of quaternary nitrogens is 1. The van der Waals surface area contributed by atoms with Gasteiger partial charge in [0.1, 0.15) is 12.6 Å². The van der Waals surface area contributed by atoms with Crippen LogP contribution in [0, 0.1) is 0 Å². The summed E-state index contributed by atoms with van der Waals surface area (Å²) in [6.45, 7) is 4.55. The lowest BCUT2D eigenvalue weighted by Crippen LogP contribution is -2.42. The molecule has 1 N–H and O–H groups in total. The number of aliphatic hydroxyl groups excluding tert-OH is 1. The first-order valence-corrected chi connectivity index (χ1v) is 8.18. The molecule has 4 nitrogen and oxygen atoms in total. The lowest BCUT2D eigenvalue weighted by atomic mass is 10.1. The van der Waals surface area contributed by atoms with E-state index in [4.69, 9.17) is 0 Å². The molecule has 120 valence electrons. The van der Waals surface area contributed by atoms with E-state index in [0.717, 1.165) is 12.8 Å². The van der Waals surface area contributed by atoms with Gasteiger partial charge >= 0.3 is 0 Å². The zero-order valence-corrected chi connectivity index (χ0v) is 13.9. The molecule has 1 unspecified atom stereocenters. The fourth-order valence-electron chi connectivity index (χ4n) is 2.36. The number of hydrogen-bond donors (Lipinski definition) is 1. The van der Waals surface area contributed by atoms with Gasteiger partial charge in [0.05, 0.1) is 14.1 Å². The van der Waals surface area contributed by atoms with Crippen molar-refractivity contribution in [3.8, 4) is 0 Å². The molecular formula is C16H34N2O2. The summed E-state index contributed by atoms with van der Waals surface area (Å²) in [5.74, 6) is -0.0990. The first kappa shape index (κ1) is 19.4. The average molecular weight is 286 g/mol. The van der Waals surface area contributed by atoms with Gasteiger partial charge in [-0.1, -0.05) is 58.8 Å². The van der Waals surface area contributed by atoms with E-state index in [-0.39, 0.29) is 16.6 Å². The second-order valence-corrected chi connectivity index (χ2v) is 6.21. The monoisotopic (exact) mass is 286 g/mol. The molecule has 0 aromatic carbocycles. The molecule has 0 aromatic heterocycles. The second-order valence-electron chi connectivity index (χ2n) is 6.21. The van der Waals surface area contributed by atoms with Crippen LogP contribution < -0.4 is 5.11 Å². The molecule has 0 saturated carbocycles. The van der Waals surface area contributed by atoms with Crippen LogP contribution in [0.1, 0.15) is 71.6 Å². The van der Waals surface area contributed by atoms with Crippen molar-refractivity contribution in [2.75, 3.05) is 20.6 Å². The Morgan fingerprint density at radius 3 is 2.15 bits per heavy atom. The van der Waals surface area contributed by atoms with E-state index >= 15 is 0 Å². The van der Waals surface area contributed by atoms with E-state index in [9.17, 15) is 10.2 Å². The predicted molar refractivity (Wildman–Crippen MR) is 83.3 cm³/mol. The van der Waals surface area contributed by atoms with Crippen LogP contribution in [0.3, 0.4) is 0 Å². The van der Waals surface area contributed by atoms with Gasteiger partial charge in [-0.2, -0.15) is 0 Å². The minimum Gasteiger partial charge on any atom is -0.858 e. The fraction of sp³-hybridized carbons (Fsp3) is 0.938. The second kappa shape index (κ2) is 11.1. The van der Waals surface area contributed by atoms with Crippen molar-refractivity contribution in [2.24, 2.45) is 5.10 Å². The summed E-state index contributed by atoms with van der Waals surface area (Å²) in [5.41, 5.74) is 0. The van der Waals surface area contributed by atoms with Crippen molar-refractivity contribution in [2.45, 2.75) is 77.7 Å². The van der Waals surface area contributed by atoms with Gasteiger partial charge in [-0.25, -0.2) is 4.59 Å². The minimum atomic E-state index is -0.367. The smallest absolute Gasteiger partial charge is 0.129 e. The zero-order chi connectivity index (χ0) is 15.4. The zero-order valence-electron chi connectivity index (χ0n) is 13.9. The molecule has 0 amide bonds. The van der Waals surface area contributed by atoms with E-state index in [1.807, 2.05) is 14.1 Å². The Hall–Kier alpha value is -0.610. The van der Waals surface area contributed by atoms with E-state index in [1.165, 1.54) is 38.5 Å². The highest BCUT2D eigenvalue weighted by Crippen LogP contribution is 2.12. The Labute approximate surface area is 125 Å². The molecule has 0 aromatic rings. The molecule has 0 spiro atoms. The van der Waals surface area contributed by atoms with Crippen molar-refractivity contribution in [1.29, 1.82) is 0 Å². The van der Waals surface area contributed by atoms with Gasteiger partial charge in [-0.05, 0) is 12.8 Å². The summed E-state index contributed by atoms with van der Waals surface area (Å²) in [6, 6.07) is 0. The van der Waals surface area contributed by atoms with Crippen LogP contribution in [0.5, 0.6) is 0 Å². The average Bonchev–Trinajstić information content (AvgIpc) is 2.36. The van der Waals surface area contributed by atoms with Crippen LogP contribution in [-0.2, 0) is 0 Å². The molecule has 0 aliphatic heterocycles. The quantitative estimate of drug-likeness (QED) is 0.197. The standard InChI is InChI=1S/C16H34N2O2/c1-5-7-8-9-10-11-12-13-15(19)14-18(3,4)17-16(20)6-2/h15,19H,5-14H2,1-4H3. The third kappa shape index (κ3) is 11.2. The van der Waals surface area contributed by atoms with E-state index < -0.39 is 0 Å². The Kier molecular flexibility index (Phi) is 10.8. The van der Waals surface area contributed by atoms with Crippen molar-refractivity contribution in [3.05, 3.63) is 0 Å². The summed E-state index contributed by atoms with van der Waals surface area (Å²) in [5, 5.41) is 25.4. The van der Waals surface area contributed by atoms with Crippen molar-refractivity contribution in [1.82, 2.24) is 0 Å². The van der Waals surface area contributed by atoms with Crippen molar-refractivity contribution >= 4 is 5.90 Å². The van der Waals surface area contributed by atoms with Gasteiger partial charge in [0.15, 0.2) is 0 Å². The van der Waals surface area contributed by atoms with Crippen molar-refractivity contribution in [3.63, 3.8) is 0 Å². The van der Waals surface area contributed by atoms with Gasteiger partial charge in [0.25, 0.3) is 0 Å². The highest BCUT2D eigenvalue weighted by molar-refractivity contribution is 5.70. The van der Waals surface area contributed by atoms with Gasteiger partial charge in [0, 0.05) is 5.90 Å². The molecule has 0 heterocycles. The minimum absolute atomic E-state index is 0.0990. The summed E-state index contributed by atoms with van der Waals surface area (Å²) < 4.78 is 0.227. The number of rotatable bonds is 12. The summed E-state index contributed by atoms with van der Waals surface area (Å²) >= 11 is 0. The van der Waals surface area contributed by atoms with Gasteiger partial charge in [-0.3, -0.25) is 0 Å². The number of unbranched alkanes of at least 4 members (excludes halogenated alkanes) is 6. The Bertz CT molecular complexity index is 265. The summed E-state index contributed by atoms with van der Waals surface area (Å²) in [6.07, 6.45) is 9.66. The molecular weight excluding hydrogens is 252 g/mol. The highest BCUT2D eigenvalue weighted by atomic mass is 16.3. The highest BCUT2D eigenvalue weighted by Gasteiger charge is 2.19. The summed E-state index contributed by atoms with van der Waals surface area (Å²) in [4.78, 5) is 0. The Morgan fingerprint density at radius 1 is 1.05 bits per heavy atom. The van der Waals surface area contributed by atoms with Gasteiger partial charge < -0.3 is 10.2 Å². The molecule has 4 heteroatoms. The lowest BCUT2D eigenvalue weighted by Gasteiger charge is -2.27. The maximum absolute atomic E-state index is 11.3. The first-order valence-electron chi connectivity index (χ1n) is 8.18.